The lowest BCUT2D eigenvalue weighted by atomic mass is 10.0. The first-order chi connectivity index (χ1) is 31.5. The largest absolute Gasteiger partial charge is 0.756 e. The first-order valence-electron chi connectivity index (χ1n) is 27.9. The fourth-order valence-electron chi connectivity index (χ4n) is 8.17. The molecule has 8 nitrogen and oxygen atoms in total. The predicted molar refractivity (Wildman–Crippen MR) is 279 cm³/mol. The van der Waals surface area contributed by atoms with Crippen LogP contribution in [0.25, 0.3) is 0 Å². The number of aliphatic hydroxyl groups excluding tert-OH is 1. The zero-order valence-corrected chi connectivity index (χ0v) is 44.6. The maximum Gasteiger partial charge on any atom is 0.268 e. The molecule has 1 amide bonds. The van der Waals surface area contributed by atoms with E-state index < -0.39 is 26.6 Å². The Balaban J connectivity index is 4.22. The first kappa shape index (κ1) is 63.7. The average molecular weight is 937 g/mol. The minimum Gasteiger partial charge on any atom is -0.756 e. The van der Waals surface area contributed by atoms with Crippen molar-refractivity contribution in [2.75, 3.05) is 40.9 Å². The molecule has 0 heterocycles. The van der Waals surface area contributed by atoms with Crippen LogP contribution in [0, 0.1) is 0 Å². The van der Waals surface area contributed by atoms with E-state index in [0.717, 1.165) is 51.4 Å². The summed E-state index contributed by atoms with van der Waals surface area (Å²) in [6, 6.07) is -0.907. The number of likely N-dealkylation sites (N-methyl/N-ethyl adjacent to an activating group) is 1. The standard InChI is InChI=1S/C56H109N2O6P/c1-6-8-10-12-14-16-18-20-22-23-24-25-26-27-28-29-30-31-32-33-34-36-37-39-41-43-45-47-49-55(59)54(53-64-65(61,62)63-52-51-58(3,4)5)57-56(60)50-48-46-44-42-40-38-35-21-19-17-15-13-11-9-7-2/h21,35,39,41,47,49,54-55,59H,6-20,22-34,36-38,40,42-46,48,50-53H2,1-5H3,(H-,57,60,61,62)/b35-21-,41-39+,49-47+. The van der Waals surface area contributed by atoms with Gasteiger partial charge in [-0.1, -0.05) is 237 Å². The summed E-state index contributed by atoms with van der Waals surface area (Å²) in [5, 5.41) is 13.8. The van der Waals surface area contributed by atoms with Crippen LogP contribution in [0.2, 0.25) is 0 Å². The van der Waals surface area contributed by atoms with E-state index in [-0.39, 0.29) is 12.5 Å². The maximum atomic E-state index is 12.9. The van der Waals surface area contributed by atoms with Gasteiger partial charge in [0.1, 0.15) is 13.2 Å². The van der Waals surface area contributed by atoms with Gasteiger partial charge < -0.3 is 28.8 Å². The summed E-state index contributed by atoms with van der Waals surface area (Å²) in [4.78, 5) is 25.4. The monoisotopic (exact) mass is 937 g/mol. The van der Waals surface area contributed by atoms with Gasteiger partial charge in [-0.15, -0.1) is 0 Å². The molecule has 0 radical (unpaired) electrons. The lowest BCUT2D eigenvalue weighted by Crippen LogP contribution is -2.45. The van der Waals surface area contributed by atoms with Crippen molar-refractivity contribution in [1.29, 1.82) is 0 Å². The van der Waals surface area contributed by atoms with Gasteiger partial charge in [-0.2, -0.15) is 0 Å². The fourth-order valence-corrected chi connectivity index (χ4v) is 8.89. The molecule has 0 rings (SSSR count). The molecular formula is C56H109N2O6P. The molecule has 0 spiro atoms. The highest BCUT2D eigenvalue weighted by Gasteiger charge is 2.23. The van der Waals surface area contributed by atoms with Crippen molar-refractivity contribution in [2.24, 2.45) is 0 Å². The number of carbonyl (C=O) groups is 1. The van der Waals surface area contributed by atoms with Crippen molar-refractivity contribution < 1.29 is 32.9 Å². The highest BCUT2D eigenvalue weighted by atomic mass is 31.2. The molecule has 0 aromatic rings. The number of quaternary nitrogens is 1. The van der Waals surface area contributed by atoms with Crippen LogP contribution >= 0.6 is 7.82 Å². The van der Waals surface area contributed by atoms with Gasteiger partial charge in [0.15, 0.2) is 0 Å². The van der Waals surface area contributed by atoms with Gasteiger partial charge in [-0.25, -0.2) is 0 Å². The molecule has 0 fully saturated rings. The highest BCUT2D eigenvalue weighted by molar-refractivity contribution is 7.45. The Hall–Kier alpha value is -1.28. The van der Waals surface area contributed by atoms with Gasteiger partial charge in [-0.05, 0) is 57.8 Å². The number of amides is 1. The number of rotatable bonds is 51. The van der Waals surface area contributed by atoms with E-state index in [1.807, 2.05) is 27.2 Å². The summed E-state index contributed by atoms with van der Waals surface area (Å²) >= 11 is 0. The third kappa shape index (κ3) is 50.4. The van der Waals surface area contributed by atoms with Gasteiger partial charge in [-0.3, -0.25) is 9.36 Å². The number of carbonyl (C=O) groups excluding carboxylic acids is 1. The molecule has 0 bridgehead atoms. The van der Waals surface area contributed by atoms with Gasteiger partial charge in [0.2, 0.25) is 5.91 Å². The molecule has 0 aromatic carbocycles. The Labute approximate surface area is 404 Å². The van der Waals surface area contributed by atoms with Gasteiger partial charge in [0.25, 0.3) is 7.82 Å². The summed E-state index contributed by atoms with van der Waals surface area (Å²) in [6.45, 7) is 4.64. The van der Waals surface area contributed by atoms with Crippen molar-refractivity contribution in [3.63, 3.8) is 0 Å². The Morgan fingerprint density at radius 3 is 1.25 bits per heavy atom. The SMILES string of the molecule is CCCCCCCC/C=C\CCCCCCCC(=O)NC(COP(=O)([O-])OCC[N+](C)(C)C)C(O)/C=C/CC/C=C/CCCCCCCCCCCCCCCCCCCCCCCC. The van der Waals surface area contributed by atoms with E-state index in [9.17, 15) is 19.4 Å². The van der Waals surface area contributed by atoms with E-state index in [1.54, 1.807) is 6.08 Å². The Kier molecular flexibility index (Phi) is 46.8. The summed E-state index contributed by atoms with van der Waals surface area (Å²) in [5.74, 6) is -0.214. The number of phosphoric acid groups is 1. The van der Waals surface area contributed by atoms with Crippen LogP contribution in [-0.4, -0.2) is 68.5 Å². The summed E-state index contributed by atoms with van der Waals surface area (Å²) in [5.41, 5.74) is 0. The molecule has 0 aromatic heterocycles. The molecular weight excluding hydrogens is 828 g/mol. The smallest absolute Gasteiger partial charge is 0.268 e. The molecule has 3 atom stereocenters. The van der Waals surface area contributed by atoms with Crippen LogP contribution in [0.4, 0.5) is 0 Å². The number of hydrogen-bond acceptors (Lipinski definition) is 6. The third-order valence-corrected chi connectivity index (χ3v) is 13.5. The topological polar surface area (TPSA) is 108 Å². The van der Waals surface area contributed by atoms with Crippen molar-refractivity contribution in [3.05, 3.63) is 36.5 Å². The molecule has 9 heteroatoms. The van der Waals surface area contributed by atoms with E-state index in [2.05, 4.69) is 43.5 Å². The Bertz CT molecular complexity index is 1150. The zero-order chi connectivity index (χ0) is 47.8. The van der Waals surface area contributed by atoms with Crippen LogP contribution in [0.3, 0.4) is 0 Å². The average Bonchev–Trinajstić information content (AvgIpc) is 3.26. The summed E-state index contributed by atoms with van der Waals surface area (Å²) in [6.07, 6.45) is 60.9. The number of allylic oxidation sites excluding steroid dienone is 5. The van der Waals surface area contributed by atoms with E-state index in [0.29, 0.717) is 17.4 Å². The molecule has 0 saturated carbocycles. The van der Waals surface area contributed by atoms with Crippen LogP contribution in [-0.2, 0) is 18.4 Å². The van der Waals surface area contributed by atoms with E-state index in [1.165, 1.54) is 193 Å². The number of nitrogens with one attached hydrogen (secondary N) is 1. The van der Waals surface area contributed by atoms with E-state index >= 15 is 0 Å². The fraction of sp³-hybridized carbons (Fsp3) is 0.875. The third-order valence-electron chi connectivity index (χ3n) is 12.6. The van der Waals surface area contributed by atoms with Crippen LogP contribution < -0.4 is 10.2 Å². The normalized spacial score (nSPS) is 14.3. The van der Waals surface area contributed by atoms with E-state index in [4.69, 9.17) is 9.05 Å². The van der Waals surface area contributed by atoms with Crippen molar-refractivity contribution >= 4 is 13.7 Å². The lowest BCUT2D eigenvalue weighted by Gasteiger charge is -2.29. The Morgan fingerprint density at radius 2 is 0.862 bits per heavy atom. The van der Waals surface area contributed by atoms with Gasteiger partial charge in [0.05, 0.1) is 39.9 Å². The molecule has 0 aliphatic carbocycles. The Morgan fingerprint density at radius 1 is 0.523 bits per heavy atom. The number of unbranched alkanes of at least 4 members (excludes halogenated alkanes) is 34. The maximum absolute atomic E-state index is 12.9. The van der Waals surface area contributed by atoms with Crippen molar-refractivity contribution in [3.8, 4) is 0 Å². The summed E-state index contributed by atoms with van der Waals surface area (Å²) in [7, 11) is 1.24. The number of hydrogen-bond donors (Lipinski definition) is 2. The summed E-state index contributed by atoms with van der Waals surface area (Å²) < 4.78 is 23.3. The number of phosphoric ester groups is 1. The van der Waals surface area contributed by atoms with Gasteiger partial charge in [0, 0.05) is 6.42 Å². The minimum atomic E-state index is -4.60. The van der Waals surface area contributed by atoms with Crippen molar-refractivity contribution in [1.82, 2.24) is 5.32 Å². The molecule has 384 valence electrons. The van der Waals surface area contributed by atoms with Gasteiger partial charge >= 0.3 is 0 Å². The second-order valence-corrected chi connectivity index (χ2v) is 21.7. The first-order valence-corrected chi connectivity index (χ1v) is 29.3. The second kappa shape index (κ2) is 47.8. The molecule has 0 aliphatic heterocycles. The molecule has 3 unspecified atom stereocenters. The van der Waals surface area contributed by atoms with Crippen LogP contribution in [0.1, 0.15) is 264 Å². The molecule has 0 aliphatic rings. The minimum absolute atomic E-state index is 0.00755. The molecule has 0 saturated heterocycles. The quantitative estimate of drug-likeness (QED) is 0.0272. The lowest BCUT2D eigenvalue weighted by molar-refractivity contribution is -0.870. The highest BCUT2D eigenvalue weighted by Crippen LogP contribution is 2.38. The molecule has 65 heavy (non-hydrogen) atoms. The second-order valence-electron chi connectivity index (χ2n) is 20.3. The molecule has 2 N–H and O–H groups in total. The van der Waals surface area contributed by atoms with Crippen LogP contribution in [0.5, 0.6) is 0 Å². The number of nitrogens with zero attached hydrogens (tertiary/aromatic N) is 1. The van der Waals surface area contributed by atoms with Crippen LogP contribution in [0.15, 0.2) is 36.5 Å². The van der Waals surface area contributed by atoms with Crippen molar-refractivity contribution in [2.45, 2.75) is 276 Å². The zero-order valence-electron chi connectivity index (χ0n) is 43.7. The predicted octanol–water partition coefficient (Wildman–Crippen LogP) is 16.0. The number of aliphatic hydroxyl groups is 1.